The van der Waals surface area contributed by atoms with Crippen molar-refractivity contribution in [3.8, 4) is 0 Å². The van der Waals surface area contributed by atoms with E-state index in [9.17, 15) is 9.59 Å². The van der Waals surface area contributed by atoms with Crippen LogP contribution in [0, 0.1) is 6.92 Å². The van der Waals surface area contributed by atoms with Gasteiger partial charge < -0.3 is 20.5 Å². The lowest BCUT2D eigenvalue weighted by Gasteiger charge is -2.15. The van der Waals surface area contributed by atoms with E-state index in [4.69, 9.17) is 0 Å². The molecule has 0 atom stereocenters. The second-order valence-electron chi connectivity index (χ2n) is 8.83. The van der Waals surface area contributed by atoms with Crippen molar-refractivity contribution in [3.63, 3.8) is 0 Å². The number of hydrogen-bond donors (Lipinski definition) is 3. The molecule has 0 aliphatic carbocycles. The van der Waals surface area contributed by atoms with Crippen LogP contribution in [0.3, 0.4) is 0 Å². The van der Waals surface area contributed by atoms with Gasteiger partial charge in [0.05, 0.1) is 23.0 Å². The van der Waals surface area contributed by atoms with Gasteiger partial charge in [-0.3, -0.25) is 14.6 Å². The van der Waals surface area contributed by atoms with Gasteiger partial charge >= 0.3 is 0 Å². The molecule has 0 bridgehead atoms. The highest BCUT2D eigenvalue weighted by atomic mass is 16.1. The first-order valence-corrected chi connectivity index (χ1v) is 11.4. The second kappa shape index (κ2) is 10.8. The highest BCUT2D eigenvalue weighted by Gasteiger charge is 2.18. The first-order valence-electron chi connectivity index (χ1n) is 11.4. The number of carbonyl (C=O) groups excluding carboxylic acids is 2. The highest BCUT2D eigenvalue weighted by Crippen LogP contribution is 2.32. The summed E-state index contributed by atoms with van der Waals surface area (Å²) >= 11 is 0. The first-order chi connectivity index (χ1) is 16.2. The minimum absolute atomic E-state index is 0.136. The van der Waals surface area contributed by atoms with Crippen molar-refractivity contribution in [3.05, 3.63) is 76.9 Å². The lowest BCUT2D eigenvalue weighted by molar-refractivity contribution is -0.108. The molecule has 178 valence electrons. The Morgan fingerprint density at radius 1 is 1.18 bits per heavy atom. The van der Waals surface area contributed by atoms with Gasteiger partial charge in [0.2, 0.25) is 6.41 Å². The van der Waals surface area contributed by atoms with Gasteiger partial charge in [-0.1, -0.05) is 5.57 Å². The van der Waals surface area contributed by atoms with Crippen molar-refractivity contribution in [2.75, 3.05) is 11.9 Å². The van der Waals surface area contributed by atoms with Crippen LogP contribution in [-0.2, 0) is 4.79 Å². The van der Waals surface area contributed by atoms with Gasteiger partial charge in [0, 0.05) is 41.8 Å². The van der Waals surface area contributed by atoms with Gasteiger partial charge in [-0.25, -0.2) is 0 Å². The summed E-state index contributed by atoms with van der Waals surface area (Å²) in [5, 5.41) is 10.0. The normalized spacial score (nSPS) is 12.5. The van der Waals surface area contributed by atoms with Gasteiger partial charge in [0.25, 0.3) is 5.91 Å². The van der Waals surface area contributed by atoms with Crippen LogP contribution < -0.4 is 16.0 Å². The molecule has 3 aromatic rings. The van der Waals surface area contributed by atoms with Crippen LogP contribution in [-0.4, -0.2) is 28.4 Å². The molecule has 3 N–H and O–H groups in total. The smallest absolute Gasteiger partial charge is 0.252 e. The monoisotopic (exact) mass is 459 g/mol. The number of carbonyl (C=O) groups is 2. The molecule has 0 radical (unpaired) electrons. The minimum atomic E-state index is -0.136. The van der Waals surface area contributed by atoms with Crippen LogP contribution in [0.15, 0.2) is 65.8 Å². The fourth-order valence-corrected chi connectivity index (χ4v) is 3.90. The minimum Gasteiger partial charge on any atom is -0.354 e. The number of nitrogens with one attached hydrogen (secondary N) is 3. The molecule has 0 unspecified atom stereocenters. The topological polar surface area (TPSA) is 88.1 Å². The molecule has 2 heterocycles. The van der Waals surface area contributed by atoms with E-state index in [1.165, 1.54) is 0 Å². The number of nitrogens with zero attached hydrogens (tertiary/aromatic N) is 2. The lowest BCUT2D eigenvalue weighted by Crippen LogP contribution is -2.26. The molecule has 2 aromatic heterocycles. The van der Waals surface area contributed by atoms with Crippen molar-refractivity contribution in [1.29, 1.82) is 0 Å². The predicted octanol–water partition coefficient (Wildman–Crippen LogP) is 5.39. The van der Waals surface area contributed by atoms with Crippen LogP contribution in [0.25, 0.3) is 10.9 Å². The number of aromatic nitrogens is 2. The highest BCUT2D eigenvalue weighted by molar-refractivity contribution is 6.09. The third-order valence-corrected chi connectivity index (χ3v) is 5.78. The number of aryl methyl sites for hydroxylation is 1. The Kier molecular flexibility index (Phi) is 7.89. The summed E-state index contributed by atoms with van der Waals surface area (Å²) in [4.78, 5) is 28.2. The molecule has 1 aromatic carbocycles. The van der Waals surface area contributed by atoms with E-state index >= 15 is 0 Å². The van der Waals surface area contributed by atoms with Crippen molar-refractivity contribution in [1.82, 2.24) is 20.2 Å². The third kappa shape index (κ3) is 5.73. The first kappa shape index (κ1) is 24.8. The van der Waals surface area contributed by atoms with Crippen LogP contribution in [0.4, 0.5) is 11.4 Å². The van der Waals surface area contributed by atoms with Crippen LogP contribution >= 0.6 is 0 Å². The molecule has 0 saturated carbocycles. The van der Waals surface area contributed by atoms with Crippen molar-refractivity contribution in [2.45, 2.75) is 47.6 Å². The summed E-state index contributed by atoms with van der Waals surface area (Å²) in [6.45, 7) is 12.5. The number of fused-ring (bicyclic) bond motifs is 1. The van der Waals surface area contributed by atoms with Crippen molar-refractivity contribution in [2.24, 2.45) is 0 Å². The van der Waals surface area contributed by atoms with Gasteiger partial charge in [0.15, 0.2) is 0 Å². The molecule has 0 aliphatic heterocycles. The fraction of sp³-hybridized carbons (Fsp3) is 0.296. The molecule has 0 spiro atoms. The molecule has 0 saturated heterocycles. The van der Waals surface area contributed by atoms with Gasteiger partial charge in [-0.05, 0) is 83.0 Å². The maximum Gasteiger partial charge on any atom is 0.252 e. The number of amides is 2. The quantitative estimate of drug-likeness (QED) is 0.296. The lowest BCUT2D eigenvalue weighted by atomic mass is 10.0. The summed E-state index contributed by atoms with van der Waals surface area (Å²) in [7, 11) is 0. The molecular weight excluding hydrogens is 426 g/mol. The van der Waals surface area contributed by atoms with E-state index in [2.05, 4.69) is 51.6 Å². The molecule has 34 heavy (non-hydrogen) atoms. The zero-order chi connectivity index (χ0) is 24.8. The maximum atomic E-state index is 13.4. The van der Waals surface area contributed by atoms with E-state index in [0.29, 0.717) is 18.5 Å². The Labute approximate surface area is 201 Å². The molecule has 0 fully saturated rings. The van der Waals surface area contributed by atoms with Crippen LogP contribution in [0.1, 0.15) is 56.6 Å². The Morgan fingerprint density at radius 3 is 2.59 bits per heavy atom. The number of benzene rings is 1. The van der Waals surface area contributed by atoms with E-state index in [0.717, 1.165) is 44.7 Å². The Balaban J connectivity index is 1.97. The maximum absolute atomic E-state index is 13.4. The fourth-order valence-electron chi connectivity index (χ4n) is 3.90. The van der Waals surface area contributed by atoms with Crippen molar-refractivity contribution >= 4 is 34.6 Å². The van der Waals surface area contributed by atoms with Crippen LogP contribution in [0.2, 0.25) is 0 Å². The Hall–Kier alpha value is -3.87. The largest absolute Gasteiger partial charge is 0.354 e. The summed E-state index contributed by atoms with van der Waals surface area (Å²) < 4.78 is 2.19. The number of pyridine rings is 1. The predicted molar refractivity (Wildman–Crippen MR) is 138 cm³/mol. The summed E-state index contributed by atoms with van der Waals surface area (Å²) in [5.41, 5.74) is 7.13. The van der Waals surface area contributed by atoms with Gasteiger partial charge in [-0.15, -0.1) is 0 Å². The summed E-state index contributed by atoms with van der Waals surface area (Å²) in [6, 6.07) is 8.04. The Bertz CT molecular complexity index is 1250. The molecular formula is C27H33N5O2. The van der Waals surface area contributed by atoms with Crippen molar-refractivity contribution < 1.29 is 9.59 Å². The number of anilines is 2. The second-order valence-corrected chi connectivity index (χ2v) is 8.83. The zero-order valence-corrected chi connectivity index (χ0v) is 20.7. The number of rotatable bonds is 9. The SMILES string of the molecule is C/C(=C/C(C)=C(\C)CNC(=O)c1cc(Nc2cccnc2)cc2c1c(C)cn2C(C)C)NC=O. The molecule has 0 aliphatic rings. The average molecular weight is 460 g/mol. The molecule has 3 rings (SSSR count). The standard InChI is InChI=1S/C27H33N5O2/c1-17(2)32-15-20(5)26-24(11-23(12-25(26)32)31-22-8-7-9-28-14-22)27(34)29-13-19(4)18(3)10-21(6)30-16-33/h7-12,14-17,31H,13H2,1-6H3,(H,29,34)(H,30,33)/b19-18+,21-10-. The van der Waals surface area contributed by atoms with Gasteiger partial charge in [-0.2, -0.15) is 0 Å². The Morgan fingerprint density at radius 2 is 1.94 bits per heavy atom. The molecule has 7 nitrogen and oxygen atoms in total. The van der Waals surface area contributed by atoms with E-state index < -0.39 is 0 Å². The van der Waals surface area contributed by atoms with E-state index in [1.54, 1.807) is 12.4 Å². The average Bonchev–Trinajstić information content (AvgIpc) is 3.14. The third-order valence-electron chi connectivity index (χ3n) is 5.78. The molecule has 7 heteroatoms. The number of allylic oxidation sites excluding steroid dienone is 3. The van der Waals surface area contributed by atoms with Gasteiger partial charge in [0.1, 0.15) is 0 Å². The number of hydrogen-bond acceptors (Lipinski definition) is 4. The van der Waals surface area contributed by atoms with E-state index in [1.807, 2.05) is 52.0 Å². The van der Waals surface area contributed by atoms with Crippen LogP contribution in [0.5, 0.6) is 0 Å². The van der Waals surface area contributed by atoms with E-state index in [-0.39, 0.29) is 11.9 Å². The molecule has 2 amide bonds. The summed E-state index contributed by atoms with van der Waals surface area (Å²) in [6.07, 6.45) is 8.12. The zero-order valence-electron chi connectivity index (χ0n) is 20.7. The summed E-state index contributed by atoms with van der Waals surface area (Å²) in [5.74, 6) is -0.136.